The highest BCUT2D eigenvalue weighted by Crippen LogP contribution is 2.23. The monoisotopic (exact) mass is 404 g/mol. The molecule has 1 amide bonds. The standard InChI is InChI=1S/C19H21FN6O.ClH/c1-12-10-26-11-17(23-13(2)18(26)22-12)19(27)24-16-4-3-14(9-15(16)20)25-7-5-21-6-8-25;/h3-4,9-11,21H,5-8H2,1-2H3,(H,24,27);1H. The molecule has 1 fully saturated rings. The van der Waals surface area contributed by atoms with Gasteiger partial charge in [-0.25, -0.2) is 14.4 Å². The average molecular weight is 405 g/mol. The highest BCUT2D eigenvalue weighted by atomic mass is 35.5. The van der Waals surface area contributed by atoms with Gasteiger partial charge in [0.2, 0.25) is 0 Å². The van der Waals surface area contributed by atoms with Crippen molar-refractivity contribution in [1.82, 2.24) is 19.7 Å². The molecule has 3 aromatic rings. The number of amides is 1. The average Bonchev–Trinajstić information content (AvgIpc) is 3.05. The number of nitrogens with zero attached hydrogens (tertiary/aromatic N) is 4. The lowest BCUT2D eigenvalue weighted by Crippen LogP contribution is -2.43. The van der Waals surface area contributed by atoms with Crippen LogP contribution in [0.15, 0.2) is 30.6 Å². The Bertz CT molecular complexity index is 1020. The van der Waals surface area contributed by atoms with Crippen molar-refractivity contribution in [3.05, 3.63) is 53.5 Å². The molecule has 0 saturated carbocycles. The molecule has 4 rings (SSSR count). The van der Waals surface area contributed by atoms with Crippen molar-refractivity contribution in [1.29, 1.82) is 0 Å². The van der Waals surface area contributed by atoms with Gasteiger partial charge in [-0.2, -0.15) is 0 Å². The first-order valence-electron chi connectivity index (χ1n) is 8.91. The Hall–Kier alpha value is -2.71. The summed E-state index contributed by atoms with van der Waals surface area (Å²) < 4.78 is 16.3. The molecule has 0 aliphatic carbocycles. The minimum atomic E-state index is -0.462. The van der Waals surface area contributed by atoms with E-state index >= 15 is 0 Å². The predicted molar refractivity (Wildman–Crippen MR) is 109 cm³/mol. The second-order valence-corrected chi connectivity index (χ2v) is 6.68. The Morgan fingerprint density at radius 2 is 1.93 bits per heavy atom. The van der Waals surface area contributed by atoms with Crippen LogP contribution in [0.3, 0.4) is 0 Å². The summed E-state index contributed by atoms with van der Waals surface area (Å²) in [7, 11) is 0. The first-order valence-corrected chi connectivity index (χ1v) is 8.91. The zero-order chi connectivity index (χ0) is 19.0. The van der Waals surface area contributed by atoms with Crippen LogP contribution in [0.1, 0.15) is 21.9 Å². The number of fused-ring (bicyclic) bond motifs is 1. The summed E-state index contributed by atoms with van der Waals surface area (Å²) in [6.07, 6.45) is 3.42. The molecule has 2 N–H and O–H groups in total. The number of hydrogen-bond donors (Lipinski definition) is 2. The lowest BCUT2D eigenvalue weighted by molar-refractivity contribution is 0.102. The molecule has 1 aliphatic heterocycles. The molecule has 1 aliphatic rings. The van der Waals surface area contributed by atoms with E-state index in [1.165, 1.54) is 6.07 Å². The van der Waals surface area contributed by atoms with E-state index in [2.05, 4.69) is 25.5 Å². The maximum Gasteiger partial charge on any atom is 0.275 e. The smallest absolute Gasteiger partial charge is 0.275 e. The summed E-state index contributed by atoms with van der Waals surface area (Å²) in [5, 5.41) is 5.88. The normalized spacial score (nSPS) is 14.0. The van der Waals surface area contributed by atoms with Crippen LogP contribution >= 0.6 is 12.4 Å². The molecule has 0 spiro atoms. The van der Waals surface area contributed by atoms with Gasteiger partial charge in [-0.1, -0.05) is 0 Å². The van der Waals surface area contributed by atoms with Gasteiger partial charge in [0.25, 0.3) is 5.91 Å². The summed E-state index contributed by atoms with van der Waals surface area (Å²) in [6, 6.07) is 4.88. The molecule has 3 heterocycles. The first-order chi connectivity index (χ1) is 13.0. The third kappa shape index (κ3) is 3.93. The first kappa shape index (κ1) is 20.0. The Morgan fingerprint density at radius 3 is 2.64 bits per heavy atom. The predicted octanol–water partition coefficient (Wildman–Crippen LogP) is 2.57. The molecule has 148 valence electrons. The number of halogens is 2. The second kappa shape index (κ2) is 8.12. The Balaban J connectivity index is 0.00000225. The molecule has 1 aromatic carbocycles. The van der Waals surface area contributed by atoms with E-state index < -0.39 is 11.7 Å². The molecule has 0 radical (unpaired) electrons. The number of anilines is 2. The Morgan fingerprint density at radius 1 is 1.18 bits per heavy atom. The Labute approximate surface area is 168 Å². The molecule has 0 atom stereocenters. The number of carbonyl (C=O) groups excluding carboxylic acids is 1. The van der Waals surface area contributed by atoms with Gasteiger partial charge in [0.05, 0.1) is 17.1 Å². The van der Waals surface area contributed by atoms with E-state index in [1.807, 2.05) is 19.2 Å². The van der Waals surface area contributed by atoms with E-state index in [1.54, 1.807) is 23.6 Å². The van der Waals surface area contributed by atoms with Crippen LogP contribution in [0.4, 0.5) is 15.8 Å². The summed E-state index contributed by atoms with van der Waals surface area (Å²) in [5.41, 5.74) is 3.35. The van der Waals surface area contributed by atoms with E-state index in [0.717, 1.165) is 37.6 Å². The van der Waals surface area contributed by atoms with Gasteiger partial charge in [0.1, 0.15) is 11.5 Å². The molecule has 2 aromatic heterocycles. The van der Waals surface area contributed by atoms with Gasteiger partial charge < -0.3 is 19.9 Å². The van der Waals surface area contributed by atoms with E-state index in [-0.39, 0.29) is 23.8 Å². The maximum absolute atomic E-state index is 14.5. The number of hydrogen-bond acceptors (Lipinski definition) is 5. The topological polar surface area (TPSA) is 74.6 Å². The van der Waals surface area contributed by atoms with Crippen LogP contribution in [0.25, 0.3) is 5.65 Å². The minimum Gasteiger partial charge on any atom is -0.369 e. The van der Waals surface area contributed by atoms with Crippen LogP contribution in [0.5, 0.6) is 0 Å². The third-order valence-corrected chi connectivity index (χ3v) is 4.64. The van der Waals surface area contributed by atoms with Crippen molar-refractivity contribution < 1.29 is 9.18 Å². The fourth-order valence-corrected chi connectivity index (χ4v) is 3.29. The lowest BCUT2D eigenvalue weighted by Gasteiger charge is -2.29. The van der Waals surface area contributed by atoms with Gasteiger partial charge in [0, 0.05) is 44.3 Å². The number of piperazine rings is 1. The zero-order valence-corrected chi connectivity index (χ0v) is 16.5. The summed E-state index contributed by atoms with van der Waals surface area (Å²) >= 11 is 0. The van der Waals surface area contributed by atoms with Crippen molar-refractivity contribution in [2.75, 3.05) is 36.4 Å². The van der Waals surface area contributed by atoms with Crippen molar-refractivity contribution in [3.8, 4) is 0 Å². The molecule has 9 heteroatoms. The highest BCUT2D eigenvalue weighted by molar-refractivity contribution is 6.03. The largest absolute Gasteiger partial charge is 0.369 e. The van der Waals surface area contributed by atoms with E-state index in [4.69, 9.17) is 0 Å². The van der Waals surface area contributed by atoms with E-state index in [9.17, 15) is 9.18 Å². The molecule has 1 saturated heterocycles. The van der Waals surface area contributed by atoms with Gasteiger partial charge in [-0.05, 0) is 32.0 Å². The zero-order valence-electron chi connectivity index (χ0n) is 15.7. The number of nitrogens with one attached hydrogen (secondary N) is 2. The second-order valence-electron chi connectivity index (χ2n) is 6.68. The van der Waals surface area contributed by atoms with Crippen molar-refractivity contribution in [2.45, 2.75) is 13.8 Å². The summed E-state index contributed by atoms with van der Waals surface area (Å²) in [5.74, 6) is -0.921. The van der Waals surface area contributed by atoms with Gasteiger partial charge >= 0.3 is 0 Å². The molecule has 7 nitrogen and oxygen atoms in total. The Kier molecular flexibility index (Phi) is 5.81. The third-order valence-electron chi connectivity index (χ3n) is 4.64. The summed E-state index contributed by atoms with van der Waals surface area (Å²) in [4.78, 5) is 23.3. The van der Waals surface area contributed by atoms with Gasteiger partial charge in [-0.3, -0.25) is 4.79 Å². The summed E-state index contributed by atoms with van der Waals surface area (Å²) in [6.45, 7) is 7.09. The van der Waals surface area contributed by atoms with Crippen molar-refractivity contribution in [2.24, 2.45) is 0 Å². The molecular weight excluding hydrogens is 383 g/mol. The van der Waals surface area contributed by atoms with Crippen LogP contribution < -0.4 is 15.5 Å². The number of benzene rings is 1. The molecular formula is C19H22ClFN6O. The fraction of sp³-hybridized carbons (Fsp3) is 0.316. The fourth-order valence-electron chi connectivity index (χ4n) is 3.29. The van der Waals surface area contributed by atoms with Crippen molar-refractivity contribution >= 4 is 35.3 Å². The molecule has 0 unspecified atom stereocenters. The minimum absolute atomic E-state index is 0. The van der Waals surface area contributed by atoms with Crippen LogP contribution in [0.2, 0.25) is 0 Å². The van der Waals surface area contributed by atoms with Crippen LogP contribution in [-0.2, 0) is 0 Å². The highest BCUT2D eigenvalue weighted by Gasteiger charge is 2.16. The quantitative estimate of drug-likeness (QED) is 0.701. The van der Waals surface area contributed by atoms with Crippen molar-refractivity contribution in [3.63, 3.8) is 0 Å². The SMILES string of the molecule is Cc1cn2cc(C(=O)Nc3ccc(N4CCNCC4)cc3F)nc(C)c2n1.Cl. The number of imidazole rings is 1. The molecule has 28 heavy (non-hydrogen) atoms. The number of carbonyl (C=O) groups is 1. The maximum atomic E-state index is 14.5. The van der Waals surface area contributed by atoms with Crippen LogP contribution in [0, 0.1) is 19.7 Å². The number of rotatable bonds is 3. The number of aryl methyl sites for hydroxylation is 2. The van der Waals surface area contributed by atoms with Gasteiger partial charge in [-0.15, -0.1) is 12.4 Å². The number of aromatic nitrogens is 3. The van der Waals surface area contributed by atoms with Gasteiger partial charge in [0.15, 0.2) is 5.65 Å². The van der Waals surface area contributed by atoms with Crippen LogP contribution in [-0.4, -0.2) is 46.5 Å². The lowest BCUT2D eigenvalue weighted by atomic mass is 10.2. The molecule has 0 bridgehead atoms. The van der Waals surface area contributed by atoms with E-state index in [0.29, 0.717) is 11.3 Å².